The second-order valence-electron chi connectivity index (χ2n) is 6.64. The summed E-state index contributed by atoms with van der Waals surface area (Å²) in [5.41, 5.74) is 0. The molecule has 0 unspecified atom stereocenters. The van der Waals surface area contributed by atoms with Gasteiger partial charge in [0.05, 0.1) is 6.10 Å². The van der Waals surface area contributed by atoms with Crippen LogP contribution in [0.4, 0.5) is 0 Å². The van der Waals surface area contributed by atoms with Crippen LogP contribution in [0, 0.1) is 11.8 Å². The zero-order chi connectivity index (χ0) is 17.9. The molecule has 0 aromatic carbocycles. The smallest absolute Gasteiger partial charge is 0.303 e. The van der Waals surface area contributed by atoms with Crippen molar-refractivity contribution in [1.29, 1.82) is 0 Å². The van der Waals surface area contributed by atoms with E-state index in [1.165, 1.54) is 0 Å². The minimum absolute atomic E-state index is 0.0996. The van der Waals surface area contributed by atoms with E-state index in [1.54, 1.807) is 0 Å². The first-order valence-corrected chi connectivity index (χ1v) is 9.05. The summed E-state index contributed by atoms with van der Waals surface area (Å²) in [6.45, 7) is 1.83. The van der Waals surface area contributed by atoms with Crippen molar-refractivity contribution in [2.75, 3.05) is 0 Å². The lowest BCUT2D eigenvalue weighted by Crippen LogP contribution is -2.21. The molecule has 24 heavy (non-hydrogen) atoms. The van der Waals surface area contributed by atoms with Gasteiger partial charge in [0.25, 0.3) is 0 Å². The third kappa shape index (κ3) is 7.39. The minimum Gasteiger partial charge on any atom is -0.481 e. The van der Waals surface area contributed by atoms with Gasteiger partial charge in [-0.25, -0.2) is 0 Å². The molecule has 0 aromatic rings. The Morgan fingerprint density at radius 2 is 1.92 bits per heavy atom. The lowest BCUT2D eigenvalue weighted by Gasteiger charge is -2.19. The third-order valence-corrected chi connectivity index (χ3v) is 4.80. The van der Waals surface area contributed by atoms with Crippen molar-refractivity contribution in [1.82, 2.24) is 0 Å². The third-order valence-electron chi connectivity index (χ3n) is 4.80. The summed E-state index contributed by atoms with van der Waals surface area (Å²) < 4.78 is 0. The fraction of sp³-hybridized carbons (Fsp3) is 0.737. The Kier molecular flexibility index (Phi) is 9.53. The van der Waals surface area contributed by atoms with Crippen molar-refractivity contribution in [2.45, 2.75) is 77.2 Å². The summed E-state index contributed by atoms with van der Waals surface area (Å²) in [5, 5.41) is 18.6. The Balaban J connectivity index is 2.32. The van der Waals surface area contributed by atoms with Crippen LogP contribution in [0.2, 0.25) is 0 Å². The molecule has 1 fully saturated rings. The molecule has 0 spiro atoms. The Labute approximate surface area is 144 Å². The Bertz CT molecular complexity index is 455. The van der Waals surface area contributed by atoms with Gasteiger partial charge in [-0.3, -0.25) is 14.4 Å². The zero-order valence-corrected chi connectivity index (χ0v) is 14.6. The highest BCUT2D eigenvalue weighted by Gasteiger charge is 2.40. The minimum atomic E-state index is -0.753. The van der Waals surface area contributed by atoms with Crippen LogP contribution in [-0.4, -0.2) is 33.9 Å². The molecule has 0 amide bonds. The van der Waals surface area contributed by atoms with Crippen LogP contribution in [-0.2, 0) is 14.4 Å². The summed E-state index contributed by atoms with van der Waals surface area (Å²) in [6.07, 6.45) is 9.40. The fourth-order valence-electron chi connectivity index (χ4n) is 3.30. The highest BCUT2D eigenvalue weighted by atomic mass is 16.4. The second-order valence-corrected chi connectivity index (χ2v) is 6.64. The molecule has 1 aliphatic carbocycles. The van der Waals surface area contributed by atoms with Crippen molar-refractivity contribution < 1.29 is 24.6 Å². The van der Waals surface area contributed by atoms with Gasteiger partial charge in [-0.15, -0.1) is 0 Å². The zero-order valence-electron chi connectivity index (χ0n) is 14.6. The van der Waals surface area contributed by atoms with Crippen molar-refractivity contribution in [3.8, 4) is 0 Å². The Morgan fingerprint density at radius 3 is 2.58 bits per heavy atom. The van der Waals surface area contributed by atoms with Crippen molar-refractivity contribution in [3.05, 3.63) is 12.2 Å². The van der Waals surface area contributed by atoms with Crippen LogP contribution in [0.3, 0.4) is 0 Å². The summed E-state index contributed by atoms with van der Waals surface area (Å²) in [5.74, 6) is -0.752. The SMILES string of the molecule is CCC(=O)CC[C@H]1[C@H](O)CC(=O)[C@@H]1C/C=C\CCCCCC(=O)O. The second kappa shape index (κ2) is 11.1. The molecule has 5 heteroatoms. The first-order valence-electron chi connectivity index (χ1n) is 9.05. The maximum absolute atomic E-state index is 12.0. The summed E-state index contributed by atoms with van der Waals surface area (Å²) in [6, 6.07) is 0. The predicted octanol–water partition coefficient (Wildman–Crippen LogP) is 3.29. The maximum Gasteiger partial charge on any atom is 0.303 e. The summed E-state index contributed by atoms with van der Waals surface area (Å²) >= 11 is 0. The van der Waals surface area contributed by atoms with Crippen LogP contribution in [0.1, 0.15) is 71.1 Å². The van der Waals surface area contributed by atoms with Crippen molar-refractivity contribution in [2.24, 2.45) is 11.8 Å². The van der Waals surface area contributed by atoms with Crippen LogP contribution in [0.25, 0.3) is 0 Å². The number of carbonyl (C=O) groups is 3. The van der Waals surface area contributed by atoms with Gasteiger partial charge in [-0.2, -0.15) is 0 Å². The normalized spacial score (nSPS) is 23.9. The molecule has 0 saturated heterocycles. The monoisotopic (exact) mass is 338 g/mol. The fourth-order valence-corrected chi connectivity index (χ4v) is 3.30. The summed E-state index contributed by atoms with van der Waals surface area (Å²) in [7, 11) is 0. The summed E-state index contributed by atoms with van der Waals surface area (Å²) in [4.78, 5) is 33.9. The van der Waals surface area contributed by atoms with Gasteiger partial charge in [-0.05, 0) is 38.0 Å². The number of allylic oxidation sites excluding steroid dienone is 2. The van der Waals surface area contributed by atoms with E-state index in [0.717, 1.165) is 19.3 Å². The van der Waals surface area contributed by atoms with Gasteiger partial charge < -0.3 is 10.2 Å². The lowest BCUT2D eigenvalue weighted by atomic mass is 9.86. The van der Waals surface area contributed by atoms with E-state index in [-0.39, 0.29) is 36.2 Å². The number of hydrogen-bond donors (Lipinski definition) is 2. The molecule has 2 N–H and O–H groups in total. The largest absolute Gasteiger partial charge is 0.481 e. The van der Waals surface area contributed by atoms with E-state index >= 15 is 0 Å². The molecule has 3 atom stereocenters. The quantitative estimate of drug-likeness (QED) is 0.421. The van der Waals surface area contributed by atoms with Crippen molar-refractivity contribution >= 4 is 17.5 Å². The van der Waals surface area contributed by atoms with E-state index in [0.29, 0.717) is 32.1 Å². The molecule has 1 aliphatic rings. The molecule has 1 rings (SSSR count). The molecule has 0 bridgehead atoms. The molecular formula is C19H30O5. The average Bonchev–Trinajstić information content (AvgIpc) is 2.80. The van der Waals surface area contributed by atoms with E-state index in [9.17, 15) is 19.5 Å². The van der Waals surface area contributed by atoms with Crippen LogP contribution < -0.4 is 0 Å². The molecular weight excluding hydrogens is 308 g/mol. The number of aliphatic carboxylic acids is 1. The average molecular weight is 338 g/mol. The van der Waals surface area contributed by atoms with E-state index in [1.807, 2.05) is 19.1 Å². The first kappa shape index (κ1) is 20.6. The van der Waals surface area contributed by atoms with E-state index in [4.69, 9.17) is 5.11 Å². The molecule has 0 aliphatic heterocycles. The van der Waals surface area contributed by atoms with Gasteiger partial charge in [0.1, 0.15) is 11.6 Å². The molecule has 5 nitrogen and oxygen atoms in total. The molecule has 136 valence electrons. The number of hydrogen-bond acceptors (Lipinski definition) is 4. The molecule has 0 radical (unpaired) electrons. The number of rotatable bonds is 12. The number of Topliss-reactive ketones (excluding diaryl/α,β-unsaturated/α-hetero) is 2. The Hall–Kier alpha value is -1.49. The topological polar surface area (TPSA) is 91.7 Å². The number of aliphatic hydroxyl groups excluding tert-OH is 1. The van der Waals surface area contributed by atoms with Gasteiger partial charge in [0.15, 0.2) is 0 Å². The molecule has 1 saturated carbocycles. The highest BCUT2D eigenvalue weighted by molar-refractivity contribution is 5.84. The predicted molar refractivity (Wildman–Crippen MR) is 91.6 cm³/mol. The van der Waals surface area contributed by atoms with Crippen molar-refractivity contribution in [3.63, 3.8) is 0 Å². The Morgan fingerprint density at radius 1 is 1.17 bits per heavy atom. The molecule has 0 aromatic heterocycles. The van der Waals surface area contributed by atoms with Crippen LogP contribution >= 0.6 is 0 Å². The maximum atomic E-state index is 12.0. The number of aliphatic hydroxyl groups is 1. The lowest BCUT2D eigenvalue weighted by molar-refractivity contribution is -0.137. The molecule has 0 heterocycles. The number of ketones is 2. The van der Waals surface area contributed by atoms with E-state index in [2.05, 4.69) is 0 Å². The van der Waals surface area contributed by atoms with Crippen LogP contribution in [0.15, 0.2) is 12.2 Å². The number of carbonyl (C=O) groups excluding carboxylic acids is 2. The van der Waals surface area contributed by atoms with Crippen LogP contribution in [0.5, 0.6) is 0 Å². The van der Waals surface area contributed by atoms with Gasteiger partial charge in [0.2, 0.25) is 0 Å². The van der Waals surface area contributed by atoms with E-state index < -0.39 is 12.1 Å². The standard InChI is InChI=1S/C19H30O5/c1-2-14(20)11-12-16-15(17(21)13-18(16)22)9-7-5-3-4-6-8-10-19(23)24/h5,7,15-16,18,22H,2-4,6,8-13H2,1H3,(H,23,24)/b7-5-/t15-,16-,18-/m1/s1. The number of unbranched alkanes of at least 4 members (excludes halogenated alkanes) is 3. The van der Waals surface area contributed by atoms with Gasteiger partial charge >= 0.3 is 5.97 Å². The highest BCUT2D eigenvalue weighted by Crippen LogP contribution is 2.35. The first-order chi connectivity index (χ1) is 11.5. The number of carboxylic acids is 1. The number of carboxylic acid groups (broad SMARTS) is 1. The van der Waals surface area contributed by atoms with Gasteiger partial charge in [-0.1, -0.05) is 25.5 Å². The van der Waals surface area contributed by atoms with Gasteiger partial charge in [0, 0.05) is 31.6 Å².